The molecule has 0 bridgehead atoms. The van der Waals surface area contributed by atoms with Gasteiger partial charge in [0, 0.05) is 115 Å². The molecule has 0 fully saturated rings. The summed E-state index contributed by atoms with van der Waals surface area (Å²) in [6.07, 6.45) is 6.65. The van der Waals surface area contributed by atoms with Crippen LogP contribution in [0.5, 0.6) is 23.0 Å². The van der Waals surface area contributed by atoms with Gasteiger partial charge in [-0.3, -0.25) is 19.8 Å². The van der Waals surface area contributed by atoms with Crippen molar-refractivity contribution in [1.29, 1.82) is 0 Å². The van der Waals surface area contributed by atoms with Crippen molar-refractivity contribution in [3.05, 3.63) is 128 Å². The molecule has 4 aromatic carbocycles. The van der Waals surface area contributed by atoms with E-state index in [1.165, 1.54) is 12.2 Å². The lowest BCUT2D eigenvalue weighted by Gasteiger charge is -2.27. The van der Waals surface area contributed by atoms with Crippen molar-refractivity contribution in [2.75, 3.05) is 116 Å². The number of hydrogen-bond donors (Lipinski definition) is 4. The number of hydrogen-bond acceptors (Lipinski definition) is 12. The molecule has 2 aliphatic carbocycles. The summed E-state index contributed by atoms with van der Waals surface area (Å²) in [6, 6.07) is 15.5. The summed E-state index contributed by atoms with van der Waals surface area (Å²) in [6.45, 7) is 11.4. The number of aromatic amines is 2. The Kier molecular flexibility index (Phi) is 19.0. The molecule has 414 valence electrons. The van der Waals surface area contributed by atoms with Gasteiger partial charge in [-0.05, 0) is 120 Å². The van der Waals surface area contributed by atoms with Crippen molar-refractivity contribution in [2.45, 2.75) is 50.4 Å². The van der Waals surface area contributed by atoms with Gasteiger partial charge in [0.25, 0.3) is 0 Å². The minimum Gasteiger partial charge on any atom is -0.495 e. The second kappa shape index (κ2) is 25.6. The Hall–Kier alpha value is -6.40. The molecule has 0 saturated heterocycles. The van der Waals surface area contributed by atoms with Crippen molar-refractivity contribution < 1.29 is 28.5 Å². The summed E-state index contributed by atoms with van der Waals surface area (Å²) in [7, 11) is 14.9. The number of amides is 2. The van der Waals surface area contributed by atoms with Crippen LogP contribution in [0.1, 0.15) is 58.3 Å². The van der Waals surface area contributed by atoms with Crippen LogP contribution in [0.2, 0.25) is 20.1 Å². The van der Waals surface area contributed by atoms with Crippen LogP contribution in [0.25, 0.3) is 22.5 Å². The first-order chi connectivity index (χ1) is 37.5. The zero-order chi connectivity index (χ0) is 55.9. The third-order valence-corrected chi connectivity index (χ3v) is 16.4. The largest absolute Gasteiger partial charge is 0.495 e. The molecule has 20 heteroatoms. The maximum atomic E-state index is 12.8. The van der Waals surface area contributed by atoms with Crippen molar-refractivity contribution in [2.24, 2.45) is 0 Å². The maximum Gasteiger partial charge on any atom is 0.247 e. The minimum atomic E-state index is -0.328. The zero-order valence-corrected chi connectivity index (χ0v) is 48.5. The number of H-pyrrole nitrogens is 2. The number of anilines is 4. The highest BCUT2D eigenvalue weighted by Gasteiger charge is 2.33. The van der Waals surface area contributed by atoms with Gasteiger partial charge in [-0.1, -0.05) is 59.6 Å². The van der Waals surface area contributed by atoms with Crippen LogP contribution in [-0.2, 0) is 35.3 Å². The molecule has 16 nitrogen and oxygen atoms in total. The van der Waals surface area contributed by atoms with Crippen molar-refractivity contribution in [1.82, 2.24) is 30.2 Å². The average molecular weight is 1140 g/mol. The number of nitrogens with zero attached hydrogens (tertiary/aromatic N) is 6. The van der Waals surface area contributed by atoms with E-state index in [4.69, 9.17) is 75.5 Å². The number of likely N-dealkylation sites (N-methyl/N-ethyl adjacent to an activating group) is 4. The summed E-state index contributed by atoms with van der Waals surface area (Å²) >= 11 is 28.0. The number of carbonyl (C=O) groups is 2. The summed E-state index contributed by atoms with van der Waals surface area (Å²) in [5, 5.41) is 24.0. The van der Waals surface area contributed by atoms with Gasteiger partial charge in [-0.15, -0.1) is 0 Å². The van der Waals surface area contributed by atoms with Crippen molar-refractivity contribution >= 4 is 81.0 Å². The van der Waals surface area contributed by atoms with E-state index < -0.39 is 0 Å². The fourth-order valence-corrected chi connectivity index (χ4v) is 11.9. The first-order valence-electron chi connectivity index (χ1n) is 25.8. The van der Waals surface area contributed by atoms with Crippen LogP contribution in [0.4, 0.5) is 22.7 Å². The molecule has 2 heterocycles. The van der Waals surface area contributed by atoms with E-state index in [-0.39, 0.29) is 23.7 Å². The maximum absolute atomic E-state index is 12.8. The lowest BCUT2D eigenvalue weighted by Crippen LogP contribution is -2.33. The van der Waals surface area contributed by atoms with Crippen LogP contribution in [0, 0.1) is 0 Å². The Balaban J connectivity index is 0.912. The van der Waals surface area contributed by atoms with E-state index in [9.17, 15) is 9.59 Å². The van der Waals surface area contributed by atoms with E-state index in [1.54, 1.807) is 33.5 Å². The standard InChI is InChI=1S/C58H68Cl4N10O6/c1-11-49(73)63-41-29-35(71(6)23-21-69(3)4)15-19-37(41)57-40-18-14-34(28-44(40)66-68-57)52-55(61)47(77-10)32-48(56(52)62)78-26-25-70(5)22-24-72(7)36-16-20-38(42(30-36)64-50(74)12-2)58-39-17-13-33(27-43(39)65-67-58)51-53(59)45(75-8)31-46(76-9)54(51)60/h11-12,15-16,19-20,29-34H,1-2,13-14,17-18,21-28H2,3-10H3,(H,63,73)(H,64,74)(H,65,67)(H,66,68)/t33-,34+/m1/s1. The Bertz CT molecular complexity index is 3170. The molecule has 0 unspecified atom stereocenters. The Morgan fingerprint density at radius 2 is 1.04 bits per heavy atom. The lowest BCUT2D eigenvalue weighted by atomic mass is 9.81. The molecule has 4 N–H and O–H groups in total. The number of halogens is 4. The SMILES string of the molecule is C=CC(=O)Nc1cc(N(C)CCN(C)CCOc2cc(OC)c(Cl)c([C@H]3CCc4c(-c5ccc(N(C)CCN(C)C)cc5NC(=O)C=C)n[nH]c4C3)c2Cl)ccc1-c1n[nH]c2c1CC[C@@H](c1c(Cl)c(OC)cc(OC)c1Cl)C2. The van der Waals surface area contributed by atoms with Gasteiger partial charge in [0.1, 0.15) is 29.6 Å². The number of carbonyl (C=O) groups excluding carboxylic acids is 2. The highest BCUT2D eigenvalue weighted by Crippen LogP contribution is 2.50. The van der Waals surface area contributed by atoms with Gasteiger partial charge >= 0.3 is 0 Å². The van der Waals surface area contributed by atoms with E-state index in [0.717, 1.165) is 93.5 Å². The molecule has 78 heavy (non-hydrogen) atoms. The number of methoxy groups -OCH3 is 3. The fourth-order valence-electron chi connectivity index (χ4n) is 10.3. The molecular weight excluding hydrogens is 1070 g/mol. The number of aromatic nitrogens is 4. The number of benzene rings is 4. The predicted octanol–water partition coefficient (Wildman–Crippen LogP) is 11.3. The number of fused-ring (bicyclic) bond motifs is 2. The van der Waals surface area contributed by atoms with Gasteiger partial charge in [0.2, 0.25) is 11.8 Å². The van der Waals surface area contributed by atoms with Gasteiger partial charge in [0.05, 0.1) is 64.2 Å². The van der Waals surface area contributed by atoms with Gasteiger partial charge in [0.15, 0.2) is 0 Å². The molecule has 2 aromatic heterocycles. The first kappa shape index (κ1) is 57.8. The van der Waals surface area contributed by atoms with Crippen molar-refractivity contribution in [3.63, 3.8) is 0 Å². The highest BCUT2D eigenvalue weighted by molar-refractivity contribution is 6.38. The van der Waals surface area contributed by atoms with E-state index in [2.05, 4.69) is 59.7 Å². The summed E-state index contributed by atoms with van der Waals surface area (Å²) in [5.74, 6) is 1.29. The third-order valence-electron chi connectivity index (χ3n) is 14.8. The smallest absolute Gasteiger partial charge is 0.247 e. The number of nitrogens with one attached hydrogen (secondary N) is 4. The molecule has 2 aliphatic rings. The van der Waals surface area contributed by atoms with Crippen LogP contribution in [0.3, 0.4) is 0 Å². The highest BCUT2D eigenvalue weighted by atomic mass is 35.5. The van der Waals surface area contributed by atoms with Gasteiger partial charge in [-0.25, -0.2) is 0 Å². The van der Waals surface area contributed by atoms with E-state index >= 15 is 0 Å². The molecule has 0 radical (unpaired) electrons. The normalized spacial score (nSPS) is 14.8. The van der Waals surface area contributed by atoms with Crippen molar-refractivity contribution in [3.8, 4) is 45.5 Å². The summed E-state index contributed by atoms with van der Waals surface area (Å²) in [5.41, 5.74) is 12.0. The molecule has 0 spiro atoms. The van der Waals surface area contributed by atoms with Crippen LogP contribution >= 0.6 is 46.4 Å². The second-order valence-corrected chi connectivity index (χ2v) is 21.5. The predicted molar refractivity (Wildman–Crippen MR) is 316 cm³/mol. The Morgan fingerprint density at radius 3 is 1.46 bits per heavy atom. The molecule has 0 aliphatic heterocycles. The topological polar surface area (TPSA) is 165 Å². The molecule has 6 aromatic rings. The molecule has 8 rings (SSSR count). The molecule has 0 saturated carbocycles. The zero-order valence-electron chi connectivity index (χ0n) is 45.5. The molecule has 2 atom stereocenters. The average Bonchev–Trinajstić information content (AvgIpc) is 4.08. The Morgan fingerprint density at radius 1 is 0.615 bits per heavy atom. The lowest BCUT2D eigenvalue weighted by molar-refractivity contribution is -0.112. The van der Waals surface area contributed by atoms with Crippen LogP contribution < -0.4 is 39.4 Å². The second-order valence-electron chi connectivity index (χ2n) is 20.0. The summed E-state index contributed by atoms with van der Waals surface area (Å²) in [4.78, 5) is 34.1. The van der Waals surface area contributed by atoms with E-state index in [0.29, 0.717) is 106 Å². The number of rotatable bonds is 23. The van der Waals surface area contributed by atoms with Crippen LogP contribution in [0.15, 0.2) is 73.8 Å². The first-order valence-corrected chi connectivity index (χ1v) is 27.3. The third kappa shape index (κ3) is 12.5. The quantitative estimate of drug-likeness (QED) is 0.0450. The minimum absolute atomic E-state index is 0.00420. The van der Waals surface area contributed by atoms with Gasteiger partial charge < -0.3 is 49.2 Å². The van der Waals surface area contributed by atoms with Gasteiger partial charge in [-0.2, -0.15) is 10.2 Å². The molecule has 2 amide bonds. The molecular formula is C58H68Cl4N10O6. The fraction of sp³-hybridized carbons (Fsp3) is 0.379. The van der Waals surface area contributed by atoms with E-state index in [1.807, 2.05) is 65.6 Å². The van der Waals surface area contributed by atoms with Crippen LogP contribution in [-0.4, -0.2) is 138 Å². The number of ether oxygens (including phenoxy) is 4. The Labute approximate surface area is 476 Å². The monoisotopic (exact) mass is 1140 g/mol. The summed E-state index contributed by atoms with van der Waals surface area (Å²) < 4.78 is 23.3.